The summed E-state index contributed by atoms with van der Waals surface area (Å²) in [6.45, 7) is 2.57. The van der Waals surface area contributed by atoms with Crippen molar-refractivity contribution in [2.45, 2.75) is 38.4 Å². The first kappa shape index (κ1) is 22.9. The first-order chi connectivity index (χ1) is 14.2. The zero-order valence-electron chi connectivity index (χ0n) is 17.4. The van der Waals surface area contributed by atoms with E-state index < -0.39 is 46.2 Å². The van der Waals surface area contributed by atoms with Gasteiger partial charge in [0.2, 0.25) is 11.8 Å². The maximum Gasteiger partial charge on any atom is 0.403 e. The molecular formula is C19H25F3N4O5. The molecule has 2 amide bonds. The normalized spacial score (nSPS) is 31.6. The zero-order chi connectivity index (χ0) is 23.4. The van der Waals surface area contributed by atoms with Crippen LogP contribution in [0.2, 0.25) is 0 Å². The van der Waals surface area contributed by atoms with Crippen molar-refractivity contribution in [3.05, 3.63) is 12.1 Å². The lowest BCUT2D eigenvalue weighted by molar-refractivity contribution is -0.198. The topological polar surface area (TPSA) is 123 Å². The van der Waals surface area contributed by atoms with Crippen molar-refractivity contribution in [1.29, 1.82) is 0 Å². The fourth-order valence-electron chi connectivity index (χ4n) is 4.39. The minimum absolute atomic E-state index is 0.0692. The first-order valence-electron chi connectivity index (χ1n) is 9.72. The van der Waals surface area contributed by atoms with E-state index in [1.807, 2.05) is 0 Å². The van der Waals surface area contributed by atoms with Crippen molar-refractivity contribution >= 4 is 24.0 Å². The lowest BCUT2D eigenvalue weighted by atomic mass is 9.79. The molecule has 0 aromatic rings. The van der Waals surface area contributed by atoms with Crippen LogP contribution < -0.4 is 5.32 Å². The van der Waals surface area contributed by atoms with Gasteiger partial charge < -0.3 is 25.3 Å². The van der Waals surface area contributed by atoms with Crippen molar-refractivity contribution < 1.29 is 37.8 Å². The standard InChI is InChI=1S/C19H25F3N4O5/c1-16(9-25(3)15(31)18(4-5-18)19(20,21)22)10-26(7-11(16)13(28)29)14(30)17(2)8-23-12(27)6-24-17/h6,8,11,24,27H,4-5,7,9-10H2,1-3H3,(H,28,29)/t11-,16?,17?/m0/s1. The van der Waals surface area contributed by atoms with Gasteiger partial charge in [-0.3, -0.25) is 14.4 Å². The van der Waals surface area contributed by atoms with Crippen LogP contribution in [0.5, 0.6) is 0 Å². The number of hydrogen-bond donors (Lipinski definition) is 3. The van der Waals surface area contributed by atoms with E-state index in [2.05, 4.69) is 10.3 Å². The summed E-state index contributed by atoms with van der Waals surface area (Å²) >= 11 is 0. The summed E-state index contributed by atoms with van der Waals surface area (Å²) in [5.74, 6) is -4.19. The van der Waals surface area contributed by atoms with Gasteiger partial charge in [0.1, 0.15) is 11.0 Å². The average molecular weight is 446 g/mol. The van der Waals surface area contributed by atoms with Gasteiger partial charge in [-0.25, -0.2) is 4.99 Å². The molecule has 3 N–H and O–H groups in total. The number of carbonyl (C=O) groups excluding carboxylic acids is 2. The van der Waals surface area contributed by atoms with E-state index >= 15 is 0 Å². The van der Waals surface area contributed by atoms with Crippen molar-refractivity contribution in [3.8, 4) is 0 Å². The molecule has 0 radical (unpaired) electrons. The quantitative estimate of drug-likeness (QED) is 0.582. The maximum atomic E-state index is 13.3. The lowest BCUT2D eigenvalue weighted by Gasteiger charge is -2.35. The minimum atomic E-state index is -4.66. The number of aliphatic hydroxyl groups is 1. The summed E-state index contributed by atoms with van der Waals surface area (Å²) in [7, 11) is 1.23. The summed E-state index contributed by atoms with van der Waals surface area (Å²) in [5, 5.41) is 21.8. The number of rotatable bonds is 5. The number of halogens is 3. The second kappa shape index (κ2) is 7.13. The maximum absolute atomic E-state index is 13.3. The van der Waals surface area contributed by atoms with Gasteiger partial charge in [-0.1, -0.05) is 6.92 Å². The Balaban J connectivity index is 1.78. The molecule has 3 atom stereocenters. The van der Waals surface area contributed by atoms with E-state index in [4.69, 9.17) is 0 Å². The number of amides is 2. The number of carboxylic acids is 1. The van der Waals surface area contributed by atoms with E-state index in [0.29, 0.717) is 0 Å². The number of carbonyl (C=O) groups is 3. The molecular weight excluding hydrogens is 421 g/mol. The SMILES string of the molecule is CN(CC1(C)CN(C(=O)C2(C)C=NC(O)=CN2)C[C@H]1C(=O)O)C(=O)C1(C(F)(F)F)CC1. The van der Waals surface area contributed by atoms with Crippen LogP contribution in [-0.2, 0) is 14.4 Å². The molecule has 3 rings (SSSR count). The first-order valence-corrected chi connectivity index (χ1v) is 9.72. The number of alkyl halides is 3. The lowest BCUT2D eigenvalue weighted by Crippen LogP contribution is -2.56. The van der Waals surface area contributed by atoms with Gasteiger partial charge in [-0.15, -0.1) is 0 Å². The van der Waals surface area contributed by atoms with Crippen LogP contribution >= 0.6 is 0 Å². The molecule has 1 saturated carbocycles. The third-order valence-corrected chi connectivity index (χ3v) is 6.43. The van der Waals surface area contributed by atoms with Crippen LogP contribution in [0.1, 0.15) is 26.7 Å². The van der Waals surface area contributed by atoms with E-state index in [9.17, 15) is 37.8 Å². The van der Waals surface area contributed by atoms with Gasteiger partial charge in [-0.2, -0.15) is 13.2 Å². The molecule has 0 spiro atoms. The molecule has 9 nitrogen and oxygen atoms in total. The highest BCUT2D eigenvalue weighted by molar-refractivity contribution is 6.03. The average Bonchev–Trinajstić information content (AvgIpc) is 3.41. The molecule has 0 aromatic carbocycles. The summed E-state index contributed by atoms with van der Waals surface area (Å²) in [6, 6.07) is 0. The fourth-order valence-corrected chi connectivity index (χ4v) is 4.39. The molecule has 1 aliphatic carbocycles. The number of carboxylic acid groups (broad SMARTS) is 1. The van der Waals surface area contributed by atoms with Crippen molar-refractivity contribution in [2.24, 2.45) is 21.7 Å². The number of aliphatic hydroxyl groups excluding tert-OH is 1. The Morgan fingerprint density at radius 1 is 1.32 bits per heavy atom. The molecule has 0 aromatic heterocycles. The van der Waals surface area contributed by atoms with Crippen LogP contribution in [0.3, 0.4) is 0 Å². The van der Waals surface area contributed by atoms with Crippen LogP contribution in [-0.4, -0.2) is 82.4 Å². The molecule has 2 heterocycles. The summed E-state index contributed by atoms with van der Waals surface area (Å²) in [6.07, 6.45) is -2.89. The highest BCUT2D eigenvalue weighted by atomic mass is 19.4. The minimum Gasteiger partial charge on any atom is -0.492 e. The van der Waals surface area contributed by atoms with E-state index in [0.717, 1.165) is 11.1 Å². The monoisotopic (exact) mass is 446 g/mol. The predicted octanol–water partition coefficient (Wildman–Crippen LogP) is 1.13. The van der Waals surface area contributed by atoms with Crippen LogP contribution in [0.15, 0.2) is 17.1 Å². The van der Waals surface area contributed by atoms with Crippen LogP contribution in [0.25, 0.3) is 0 Å². The van der Waals surface area contributed by atoms with Crippen molar-refractivity contribution in [3.63, 3.8) is 0 Å². The van der Waals surface area contributed by atoms with Gasteiger partial charge in [0.05, 0.1) is 12.1 Å². The Kier molecular flexibility index (Phi) is 5.26. The number of aliphatic imine (C=N–C) groups is 1. The Bertz CT molecular complexity index is 869. The van der Waals surface area contributed by atoms with Gasteiger partial charge in [0.15, 0.2) is 0 Å². The van der Waals surface area contributed by atoms with Crippen molar-refractivity contribution in [1.82, 2.24) is 15.1 Å². The highest BCUT2D eigenvalue weighted by Crippen LogP contribution is 2.58. The number of nitrogens with one attached hydrogen (secondary N) is 1. The molecule has 2 fully saturated rings. The molecule has 12 heteroatoms. The van der Waals surface area contributed by atoms with E-state index in [1.54, 1.807) is 6.92 Å². The van der Waals surface area contributed by atoms with Gasteiger partial charge in [0, 0.05) is 38.3 Å². The Labute approximate surface area is 176 Å². The summed E-state index contributed by atoms with van der Waals surface area (Å²) in [5.41, 5.74) is -4.88. The third-order valence-electron chi connectivity index (χ3n) is 6.43. The zero-order valence-corrected chi connectivity index (χ0v) is 17.4. The summed E-state index contributed by atoms with van der Waals surface area (Å²) in [4.78, 5) is 43.4. The molecule has 172 valence electrons. The Morgan fingerprint density at radius 3 is 2.39 bits per heavy atom. The smallest absolute Gasteiger partial charge is 0.403 e. The van der Waals surface area contributed by atoms with E-state index in [-0.39, 0.29) is 38.4 Å². The second-order valence-corrected chi connectivity index (χ2v) is 9.08. The molecule has 3 aliphatic rings. The Morgan fingerprint density at radius 2 is 1.94 bits per heavy atom. The molecule has 0 bridgehead atoms. The molecule has 1 saturated heterocycles. The molecule has 2 unspecified atom stereocenters. The van der Waals surface area contributed by atoms with E-state index in [1.165, 1.54) is 25.1 Å². The molecule has 2 aliphatic heterocycles. The van der Waals surface area contributed by atoms with Gasteiger partial charge in [0.25, 0.3) is 5.91 Å². The predicted molar refractivity (Wildman–Crippen MR) is 102 cm³/mol. The fraction of sp³-hybridized carbons (Fsp3) is 0.684. The van der Waals surface area contributed by atoms with Gasteiger partial charge in [-0.05, 0) is 19.8 Å². The van der Waals surface area contributed by atoms with Crippen LogP contribution in [0, 0.1) is 16.7 Å². The number of nitrogens with zero attached hydrogens (tertiary/aromatic N) is 3. The Hall–Kier alpha value is -2.79. The van der Waals surface area contributed by atoms with Gasteiger partial charge >= 0.3 is 12.1 Å². The largest absolute Gasteiger partial charge is 0.492 e. The number of likely N-dealkylation sites (tertiary alicyclic amines) is 1. The number of hydrogen-bond acceptors (Lipinski definition) is 6. The molecule has 31 heavy (non-hydrogen) atoms. The highest BCUT2D eigenvalue weighted by Gasteiger charge is 2.69. The second-order valence-electron chi connectivity index (χ2n) is 9.08. The van der Waals surface area contributed by atoms with Crippen molar-refractivity contribution in [2.75, 3.05) is 26.7 Å². The van der Waals surface area contributed by atoms with Crippen LogP contribution in [0.4, 0.5) is 13.2 Å². The summed E-state index contributed by atoms with van der Waals surface area (Å²) < 4.78 is 40.0. The number of aliphatic carboxylic acids is 1. The third kappa shape index (κ3) is 3.83.